The molecule has 2 aromatic heterocycles. The fraction of sp³-hybridized carbons (Fsp3) is 0. The summed E-state index contributed by atoms with van der Waals surface area (Å²) >= 11 is 3.63. The van der Waals surface area contributed by atoms with Crippen LogP contribution in [0, 0.1) is 0 Å². The molecule has 4 heteroatoms. The summed E-state index contributed by atoms with van der Waals surface area (Å²) in [6, 6.07) is 60.6. The lowest BCUT2D eigenvalue weighted by Crippen LogP contribution is -2.09. The Morgan fingerprint density at radius 1 is 0.426 bits per heavy atom. The molecule has 0 spiro atoms. The number of aromatic nitrogens is 1. The summed E-state index contributed by atoms with van der Waals surface area (Å²) in [6.45, 7) is 0. The molecular weight excluding hydrogens is 609 g/mol. The van der Waals surface area contributed by atoms with Gasteiger partial charge in [-0.1, -0.05) is 121 Å². The van der Waals surface area contributed by atoms with Crippen molar-refractivity contribution in [2.24, 2.45) is 0 Å². The van der Waals surface area contributed by atoms with Gasteiger partial charge in [0, 0.05) is 48.4 Å². The SMILES string of the molecule is c1ccc(-c2ccc(N(c3ccccc3)c3ccc(-c4c5sc(-c6ccccc6)nc5cc5sc6ccccc6c45)cc3)cc2)cc1. The summed E-state index contributed by atoms with van der Waals surface area (Å²) in [4.78, 5) is 7.49. The molecule has 0 bridgehead atoms. The van der Waals surface area contributed by atoms with Gasteiger partial charge >= 0.3 is 0 Å². The maximum atomic E-state index is 5.16. The zero-order chi connectivity index (χ0) is 31.2. The third-order valence-corrected chi connectivity index (χ3v) is 11.0. The van der Waals surface area contributed by atoms with Crippen molar-refractivity contribution in [3.63, 3.8) is 0 Å². The van der Waals surface area contributed by atoms with Crippen LogP contribution < -0.4 is 4.90 Å². The lowest BCUT2D eigenvalue weighted by molar-refractivity contribution is 1.28. The number of anilines is 3. The van der Waals surface area contributed by atoms with Gasteiger partial charge in [-0.15, -0.1) is 22.7 Å². The Labute approximate surface area is 281 Å². The Balaban J connectivity index is 1.19. The lowest BCUT2D eigenvalue weighted by atomic mass is 9.98. The van der Waals surface area contributed by atoms with Crippen LogP contribution in [0.5, 0.6) is 0 Å². The van der Waals surface area contributed by atoms with E-state index in [-0.39, 0.29) is 0 Å². The van der Waals surface area contributed by atoms with E-state index in [1.807, 2.05) is 11.3 Å². The third-order valence-electron chi connectivity index (χ3n) is 8.70. The van der Waals surface area contributed by atoms with E-state index < -0.39 is 0 Å². The second kappa shape index (κ2) is 11.7. The first-order chi connectivity index (χ1) is 23.3. The zero-order valence-electron chi connectivity index (χ0n) is 25.4. The number of hydrogen-bond donors (Lipinski definition) is 0. The topological polar surface area (TPSA) is 16.1 Å². The van der Waals surface area contributed by atoms with Crippen LogP contribution in [0.2, 0.25) is 0 Å². The van der Waals surface area contributed by atoms with Gasteiger partial charge in [-0.2, -0.15) is 0 Å². The molecule has 9 aromatic rings. The van der Waals surface area contributed by atoms with Crippen molar-refractivity contribution in [2.45, 2.75) is 0 Å². The zero-order valence-corrected chi connectivity index (χ0v) is 27.0. The van der Waals surface area contributed by atoms with Crippen LogP contribution in [0.3, 0.4) is 0 Å². The largest absolute Gasteiger partial charge is 0.311 e. The third kappa shape index (κ3) is 4.99. The molecule has 7 aromatic carbocycles. The first-order valence-corrected chi connectivity index (χ1v) is 17.3. The van der Waals surface area contributed by atoms with Crippen molar-refractivity contribution in [3.8, 4) is 32.8 Å². The summed E-state index contributed by atoms with van der Waals surface area (Å²) < 4.78 is 3.80. The molecule has 0 radical (unpaired) electrons. The van der Waals surface area contributed by atoms with Crippen molar-refractivity contribution < 1.29 is 0 Å². The number of para-hydroxylation sites is 1. The summed E-state index contributed by atoms with van der Waals surface area (Å²) in [5.41, 5.74) is 10.4. The highest BCUT2D eigenvalue weighted by atomic mass is 32.1. The summed E-state index contributed by atoms with van der Waals surface area (Å²) in [7, 11) is 0. The van der Waals surface area contributed by atoms with Crippen LogP contribution in [-0.2, 0) is 0 Å². The molecule has 0 N–H and O–H groups in total. The molecule has 222 valence electrons. The van der Waals surface area contributed by atoms with Gasteiger partial charge in [0.1, 0.15) is 5.01 Å². The standard InChI is InChI=1S/C43H28N2S2/c1-4-12-29(13-5-1)30-20-24-34(25-21-30)45(33-16-8-3-9-17-33)35-26-22-31(23-27-35)40-41-36-18-10-11-19-38(36)46-39(41)28-37-42(40)47-43(44-37)32-14-6-2-7-15-32/h1-28H. The van der Waals surface area contributed by atoms with Gasteiger partial charge in [0.25, 0.3) is 0 Å². The van der Waals surface area contributed by atoms with Crippen LogP contribution in [0.15, 0.2) is 170 Å². The number of benzene rings is 7. The first-order valence-electron chi connectivity index (χ1n) is 15.7. The number of fused-ring (bicyclic) bond motifs is 4. The van der Waals surface area contributed by atoms with Gasteiger partial charge in [-0.25, -0.2) is 4.98 Å². The fourth-order valence-corrected chi connectivity index (χ4v) is 8.76. The molecule has 0 saturated heterocycles. The molecule has 2 nitrogen and oxygen atoms in total. The summed E-state index contributed by atoms with van der Waals surface area (Å²) in [5, 5.41) is 3.66. The molecule has 0 aliphatic rings. The number of nitrogens with zero attached hydrogens (tertiary/aromatic N) is 2. The summed E-state index contributed by atoms with van der Waals surface area (Å²) in [5.74, 6) is 0. The van der Waals surface area contributed by atoms with Crippen LogP contribution in [0.4, 0.5) is 17.1 Å². The van der Waals surface area contributed by atoms with E-state index in [1.165, 1.54) is 47.1 Å². The minimum Gasteiger partial charge on any atom is -0.311 e. The first kappa shape index (κ1) is 27.7. The predicted octanol–water partition coefficient (Wildman–Crippen LogP) is 13.1. The van der Waals surface area contributed by atoms with E-state index in [1.54, 1.807) is 11.3 Å². The Kier molecular flexibility index (Phi) is 6.89. The predicted molar refractivity (Wildman–Crippen MR) is 203 cm³/mol. The molecule has 0 aliphatic carbocycles. The highest BCUT2D eigenvalue weighted by Crippen LogP contribution is 2.47. The van der Waals surface area contributed by atoms with Crippen molar-refractivity contribution in [3.05, 3.63) is 170 Å². The minimum atomic E-state index is 1.05. The molecule has 0 aliphatic heterocycles. The quantitative estimate of drug-likeness (QED) is 0.181. The van der Waals surface area contributed by atoms with Crippen LogP contribution in [0.25, 0.3) is 63.2 Å². The van der Waals surface area contributed by atoms with Gasteiger partial charge < -0.3 is 4.90 Å². The van der Waals surface area contributed by atoms with Crippen LogP contribution in [0.1, 0.15) is 0 Å². The molecular formula is C43H28N2S2. The molecule has 47 heavy (non-hydrogen) atoms. The number of rotatable bonds is 6. The van der Waals surface area contributed by atoms with Gasteiger partial charge in [0.15, 0.2) is 0 Å². The van der Waals surface area contributed by atoms with E-state index >= 15 is 0 Å². The van der Waals surface area contributed by atoms with E-state index in [2.05, 4.69) is 175 Å². The molecule has 0 atom stereocenters. The summed E-state index contributed by atoms with van der Waals surface area (Å²) in [6.07, 6.45) is 0. The Morgan fingerprint density at radius 2 is 0.957 bits per heavy atom. The van der Waals surface area contributed by atoms with E-state index in [9.17, 15) is 0 Å². The van der Waals surface area contributed by atoms with Gasteiger partial charge in [0.05, 0.1) is 10.2 Å². The Hall–Kier alpha value is -5.55. The second-order valence-electron chi connectivity index (χ2n) is 11.6. The van der Waals surface area contributed by atoms with E-state index in [0.717, 1.165) is 33.1 Å². The molecule has 0 fully saturated rings. The van der Waals surface area contributed by atoms with Crippen LogP contribution >= 0.6 is 22.7 Å². The van der Waals surface area contributed by atoms with Gasteiger partial charge in [0.2, 0.25) is 0 Å². The molecule has 0 saturated carbocycles. The van der Waals surface area contributed by atoms with Crippen molar-refractivity contribution in [2.75, 3.05) is 4.90 Å². The van der Waals surface area contributed by atoms with Crippen molar-refractivity contribution in [1.29, 1.82) is 0 Å². The maximum Gasteiger partial charge on any atom is 0.124 e. The number of thiazole rings is 1. The highest BCUT2D eigenvalue weighted by molar-refractivity contribution is 7.26. The molecule has 0 amide bonds. The highest BCUT2D eigenvalue weighted by Gasteiger charge is 2.20. The average molecular weight is 637 g/mol. The van der Waals surface area contributed by atoms with Crippen LogP contribution in [-0.4, -0.2) is 4.98 Å². The smallest absolute Gasteiger partial charge is 0.124 e. The Morgan fingerprint density at radius 3 is 1.64 bits per heavy atom. The average Bonchev–Trinajstić information content (AvgIpc) is 3.74. The molecule has 9 rings (SSSR count). The van der Waals surface area contributed by atoms with E-state index in [0.29, 0.717) is 0 Å². The second-order valence-corrected chi connectivity index (χ2v) is 13.7. The fourth-order valence-electron chi connectivity index (χ4n) is 6.49. The lowest BCUT2D eigenvalue weighted by Gasteiger charge is -2.26. The molecule has 2 heterocycles. The number of thiophene rings is 1. The Bertz CT molecular complexity index is 2480. The van der Waals surface area contributed by atoms with Gasteiger partial charge in [-0.05, 0) is 65.2 Å². The van der Waals surface area contributed by atoms with Crippen molar-refractivity contribution in [1.82, 2.24) is 4.98 Å². The number of hydrogen-bond acceptors (Lipinski definition) is 4. The maximum absolute atomic E-state index is 5.16. The normalized spacial score (nSPS) is 11.4. The minimum absolute atomic E-state index is 1.05. The molecule has 0 unspecified atom stereocenters. The monoisotopic (exact) mass is 636 g/mol. The van der Waals surface area contributed by atoms with E-state index in [4.69, 9.17) is 4.98 Å². The van der Waals surface area contributed by atoms with Gasteiger partial charge in [-0.3, -0.25) is 0 Å². The van der Waals surface area contributed by atoms with Crippen molar-refractivity contribution >= 4 is 70.1 Å².